The summed E-state index contributed by atoms with van der Waals surface area (Å²) in [7, 11) is 0. The first-order valence-corrected chi connectivity index (χ1v) is 10.5. The van der Waals surface area contributed by atoms with E-state index in [0.717, 1.165) is 68.5 Å². The van der Waals surface area contributed by atoms with Crippen molar-refractivity contribution in [1.29, 1.82) is 5.26 Å². The molecule has 1 saturated heterocycles. The minimum absolute atomic E-state index is 0.0695. The molecule has 4 rings (SSSR count). The largest absolute Gasteiger partial charge is 0.487 e. The SMILES string of the molecule is CC(C)Nc1nc2c(nc1N1CCC(Oc3ccc(C#N)cc3F)CC1)CCNC2. The minimum Gasteiger partial charge on any atom is -0.487 e. The molecule has 0 bridgehead atoms. The van der Waals surface area contributed by atoms with E-state index in [1.165, 1.54) is 12.1 Å². The van der Waals surface area contributed by atoms with Crippen molar-refractivity contribution in [2.45, 2.75) is 51.8 Å². The number of aromatic nitrogens is 2. The maximum absolute atomic E-state index is 14.2. The van der Waals surface area contributed by atoms with Crippen LogP contribution in [0.3, 0.4) is 0 Å². The molecule has 0 unspecified atom stereocenters. The fourth-order valence-electron chi connectivity index (χ4n) is 3.87. The van der Waals surface area contributed by atoms with Gasteiger partial charge in [0.05, 0.1) is 23.0 Å². The monoisotopic (exact) mass is 410 g/mol. The molecule has 158 valence electrons. The number of hydrogen-bond donors (Lipinski definition) is 2. The summed E-state index contributed by atoms with van der Waals surface area (Å²) in [5.74, 6) is 1.43. The maximum Gasteiger partial charge on any atom is 0.172 e. The fourth-order valence-corrected chi connectivity index (χ4v) is 3.87. The Morgan fingerprint density at radius 1 is 1.27 bits per heavy atom. The van der Waals surface area contributed by atoms with Gasteiger partial charge in [0.15, 0.2) is 23.2 Å². The third-order valence-electron chi connectivity index (χ3n) is 5.39. The number of ether oxygens (including phenoxy) is 1. The van der Waals surface area contributed by atoms with Crippen molar-refractivity contribution in [3.05, 3.63) is 41.0 Å². The zero-order valence-corrected chi connectivity index (χ0v) is 17.4. The van der Waals surface area contributed by atoms with Crippen molar-refractivity contribution >= 4 is 11.6 Å². The van der Waals surface area contributed by atoms with Crippen molar-refractivity contribution in [1.82, 2.24) is 15.3 Å². The Kier molecular flexibility index (Phi) is 6.00. The summed E-state index contributed by atoms with van der Waals surface area (Å²) < 4.78 is 20.0. The molecule has 2 aliphatic rings. The Hall–Kier alpha value is -2.92. The quantitative estimate of drug-likeness (QED) is 0.784. The van der Waals surface area contributed by atoms with E-state index in [9.17, 15) is 4.39 Å². The van der Waals surface area contributed by atoms with Crippen LogP contribution in [0.5, 0.6) is 5.75 Å². The van der Waals surface area contributed by atoms with E-state index in [-0.39, 0.29) is 17.9 Å². The molecule has 1 aromatic heterocycles. The van der Waals surface area contributed by atoms with Gasteiger partial charge in [-0.1, -0.05) is 0 Å². The lowest BCUT2D eigenvalue weighted by molar-refractivity contribution is 0.163. The van der Waals surface area contributed by atoms with Gasteiger partial charge in [0.25, 0.3) is 0 Å². The molecule has 8 heteroatoms. The molecule has 0 radical (unpaired) electrons. The number of benzene rings is 1. The molecule has 1 aromatic carbocycles. The highest BCUT2D eigenvalue weighted by atomic mass is 19.1. The Balaban J connectivity index is 1.46. The lowest BCUT2D eigenvalue weighted by atomic mass is 10.1. The van der Waals surface area contributed by atoms with Gasteiger partial charge in [-0.15, -0.1) is 0 Å². The Labute approximate surface area is 176 Å². The van der Waals surface area contributed by atoms with Gasteiger partial charge in [-0.2, -0.15) is 5.26 Å². The molecule has 0 atom stereocenters. The van der Waals surface area contributed by atoms with Gasteiger partial charge in [-0.3, -0.25) is 0 Å². The average Bonchev–Trinajstić information content (AvgIpc) is 2.75. The normalized spacial score (nSPS) is 16.8. The van der Waals surface area contributed by atoms with Crippen LogP contribution in [0, 0.1) is 17.1 Å². The average molecular weight is 410 g/mol. The topological polar surface area (TPSA) is 86.1 Å². The number of piperidine rings is 1. The number of halogens is 1. The van der Waals surface area contributed by atoms with Gasteiger partial charge in [0.2, 0.25) is 0 Å². The zero-order valence-electron chi connectivity index (χ0n) is 17.4. The standard InChI is InChI=1S/C22H27FN6O/c1-14(2)26-21-22(28-18-5-8-25-13-19(18)27-21)29-9-6-16(7-10-29)30-20-4-3-15(12-24)11-17(20)23/h3-4,11,14,16,25H,5-10,13H2,1-2H3,(H,26,27). The number of hydrogen-bond acceptors (Lipinski definition) is 7. The lowest BCUT2D eigenvalue weighted by Crippen LogP contribution is -2.40. The van der Waals surface area contributed by atoms with Crippen LogP contribution in [-0.4, -0.2) is 41.7 Å². The first-order valence-electron chi connectivity index (χ1n) is 10.5. The summed E-state index contributed by atoms with van der Waals surface area (Å²) in [5, 5.41) is 15.7. The summed E-state index contributed by atoms with van der Waals surface area (Å²) >= 11 is 0. The Morgan fingerprint density at radius 3 is 2.77 bits per heavy atom. The van der Waals surface area contributed by atoms with Crippen LogP contribution in [-0.2, 0) is 13.0 Å². The van der Waals surface area contributed by atoms with Crippen LogP contribution in [0.2, 0.25) is 0 Å². The third kappa shape index (κ3) is 4.46. The summed E-state index contributed by atoms with van der Waals surface area (Å²) in [6, 6.07) is 6.52. The first kappa shape index (κ1) is 20.4. The molecule has 0 amide bonds. The Bertz CT molecular complexity index is 949. The lowest BCUT2D eigenvalue weighted by Gasteiger charge is -2.34. The van der Waals surface area contributed by atoms with E-state index >= 15 is 0 Å². The van der Waals surface area contributed by atoms with Crippen molar-refractivity contribution < 1.29 is 9.13 Å². The van der Waals surface area contributed by atoms with E-state index in [0.29, 0.717) is 5.56 Å². The number of anilines is 2. The summed E-state index contributed by atoms with van der Waals surface area (Å²) in [4.78, 5) is 12.1. The van der Waals surface area contributed by atoms with E-state index < -0.39 is 5.82 Å². The van der Waals surface area contributed by atoms with Crippen LogP contribution in [0.15, 0.2) is 18.2 Å². The van der Waals surface area contributed by atoms with Crippen LogP contribution < -0.4 is 20.3 Å². The smallest absolute Gasteiger partial charge is 0.172 e. The number of fused-ring (bicyclic) bond motifs is 1. The molecule has 3 heterocycles. The third-order valence-corrected chi connectivity index (χ3v) is 5.39. The van der Waals surface area contributed by atoms with Crippen molar-refractivity contribution in [3.8, 4) is 11.8 Å². The molecule has 30 heavy (non-hydrogen) atoms. The Morgan fingerprint density at radius 2 is 2.07 bits per heavy atom. The molecular formula is C22H27FN6O. The van der Waals surface area contributed by atoms with Crippen LogP contribution in [0.1, 0.15) is 43.6 Å². The maximum atomic E-state index is 14.2. The highest BCUT2D eigenvalue weighted by Crippen LogP contribution is 2.29. The van der Waals surface area contributed by atoms with Crippen molar-refractivity contribution in [2.24, 2.45) is 0 Å². The van der Waals surface area contributed by atoms with Gasteiger partial charge in [-0.05, 0) is 32.0 Å². The van der Waals surface area contributed by atoms with Gasteiger partial charge in [0, 0.05) is 51.5 Å². The number of nitrogens with one attached hydrogen (secondary N) is 2. The first-order chi connectivity index (χ1) is 14.5. The molecule has 2 aliphatic heterocycles. The van der Waals surface area contributed by atoms with E-state index in [1.54, 1.807) is 6.07 Å². The second kappa shape index (κ2) is 8.84. The van der Waals surface area contributed by atoms with Crippen molar-refractivity contribution in [2.75, 3.05) is 29.9 Å². The zero-order chi connectivity index (χ0) is 21.1. The second-order valence-corrected chi connectivity index (χ2v) is 8.08. The molecular weight excluding hydrogens is 383 g/mol. The highest BCUT2D eigenvalue weighted by molar-refractivity contribution is 5.62. The molecule has 2 aromatic rings. The molecule has 7 nitrogen and oxygen atoms in total. The van der Waals surface area contributed by atoms with Gasteiger partial charge < -0.3 is 20.3 Å². The molecule has 1 fully saturated rings. The number of rotatable bonds is 5. The van der Waals surface area contributed by atoms with Crippen LogP contribution >= 0.6 is 0 Å². The van der Waals surface area contributed by atoms with E-state index in [1.807, 2.05) is 6.07 Å². The van der Waals surface area contributed by atoms with E-state index in [2.05, 4.69) is 29.4 Å². The predicted molar refractivity (Wildman–Crippen MR) is 113 cm³/mol. The van der Waals surface area contributed by atoms with Gasteiger partial charge in [0.1, 0.15) is 6.10 Å². The predicted octanol–water partition coefficient (Wildman–Crippen LogP) is 3.00. The molecule has 0 saturated carbocycles. The highest BCUT2D eigenvalue weighted by Gasteiger charge is 2.26. The summed E-state index contributed by atoms with van der Waals surface area (Å²) in [5.41, 5.74) is 2.37. The van der Waals surface area contributed by atoms with Gasteiger partial charge >= 0.3 is 0 Å². The number of nitrogens with zero attached hydrogens (tertiary/aromatic N) is 4. The molecule has 0 spiro atoms. The minimum atomic E-state index is -0.492. The number of nitriles is 1. The van der Waals surface area contributed by atoms with E-state index in [4.69, 9.17) is 20.0 Å². The second-order valence-electron chi connectivity index (χ2n) is 8.08. The molecule has 0 aliphatic carbocycles. The fraction of sp³-hybridized carbons (Fsp3) is 0.500. The van der Waals surface area contributed by atoms with Crippen LogP contribution in [0.25, 0.3) is 0 Å². The van der Waals surface area contributed by atoms with Crippen molar-refractivity contribution in [3.63, 3.8) is 0 Å². The van der Waals surface area contributed by atoms with Gasteiger partial charge in [-0.25, -0.2) is 14.4 Å². The summed E-state index contributed by atoms with van der Waals surface area (Å²) in [6.07, 6.45) is 2.34. The molecule has 2 N–H and O–H groups in total. The summed E-state index contributed by atoms with van der Waals surface area (Å²) in [6.45, 7) is 7.39. The van der Waals surface area contributed by atoms with Crippen LogP contribution in [0.4, 0.5) is 16.0 Å².